The van der Waals surface area contributed by atoms with Crippen LogP contribution in [0.25, 0.3) is 0 Å². The molecule has 0 saturated heterocycles. The van der Waals surface area contributed by atoms with Gasteiger partial charge in [0.2, 0.25) is 0 Å². The summed E-state index contributed by atoms with van der Waals surface area (Å²) in [5.41, 5.74) is 0. The average Bonchev–Trinajstić information content (AvgIpc) is 1.85. The van der Waals surface area contributed by atoms with E-state index >= 15 is 0 Å². The Morgan fingerprint density at radius 1 is 1.45 bits per heavy atom. The van der Waals surface area contributed by atoms with Gasteiger partial charge in [0.15, 0.2) is 0 Å². The first kappa shape index (κ1) is 10.6. The molecule has 0 aromatic carbocycles. The van der Waals surface area contributed by atoms with Crippen LogP contribution in [0.2, 0.25) is 0 Å². The summed E-state index contributed by atoms with van der Waals surface area (Å²) in [7, 11) is 0. The second kappa shape index (κ2) is 4.49. The van der Waals surface area contributed by atoms with Gasteiger partial charge in [0.25, 0.3) is 0 Å². The van der Waals surface area contributed by atoms with E-state index in [9.17, 15) is 13.2 Å². The summed E-state index contributed by atoms with van der Waals surface area (Å²) in [6, 6.07) is 0. The molecule has 0 spiro atoms. The zero-order chi connectivity index (χ0) is 8.91. The molecule has 0 bridgehead atoms. The van der Waals surface area contributed by atoms with Crippen LogP contribution < -0.4 is 0 Å². The number of hydrogen-bond donors (Lipinski definition) is 1. The third-order valence-corrected chi connectivity index (χ3v) is 1.34. The van der Waals surface area contributed by atoms with Gasteiger partial charge in [0.1, 0.15) is 0 Å². The van der Waals surface area contributed by atoms with E-state index in [-0.39, 0.29) is 0 Å². The quantitative estimate of drug-likeness (QED) is 0.491. The Bertz CT molecular complexity index is 167. The van der Waals surface area contributed by atoms with E-state index in [2.05, 4.69) is 12.6 Å². The number of allylic oxidation sites excluding steroid dienone is 3. The molecule has 0 N–H and O–H groups in total. The molecule has 0 aliphatic rings. The van der Waals surface area contributed by atoms with Gasteiger partial charge >= 0.3 is 6.18 Å². The van der Waals surface area contributed by atoms with Gasteiger partial charge in [-0.15, -0.1) is 12.6 Å². The van der Waals surface area contributed by atoms with Crippen molar-refractivity contribution >= 4 is 12.6 Å². The molecule has 0 atom stereocenters. The van der Waals surface area contributed by atoms with Gasteiger partial charge in [-0.05, 0) is 11.8 Å². The number of thiol groups is 1. The Kier molecular flexibility index (Phi) is 4.33. The van der Waals surface area contributed by atoms with Gasteiger partial charge in [-0.2, -0.15) is 13.2 Å². The van der Waals surface area contributed by atoms with Crippen LogP contribution in [0.15, 0.2) is 23.1 Å². The van der Waals surface area contributed by atoms with E-state index in [1.54, 1.807) is 13.0 Å². The Balaban J connectivity index is 3.79. The molecule has 4 heteroatoms. The van der Waals surface area contributed by atoms with Crippen molar-refractivity contribution in [2.75, 3.05) is 0 Å². The standard InChI is InChI=1S/C7H9F3S/c1-2-6(11)4-3-5-7(8,9)10/h2-4,11H,5H2,1H3/b4-3-,6-2+. The predicted octanol–water partition coefficient (Wildman–Crippen LogP) is 3.33. The number of alkyl halides is 3. The highest BCUT2D eigenvalue weighted by Crippen LogP contribution is 2.20. The van der Waals surface area contributed by atoms with Crippen molar-refractivity contribution in [2.24, 2.45) is 0 Å². The Morgan fingerprint density at radius 3 is 2.36 bits per heavy atom. The predicted molar refractivity (Wildman–Crippen MR) is 42.6 cm³/mol. The first-order valence-electron chi connectivity index (χ1n) is 3.04. The van der Waals surface area contributed by atoms with Crippen LogP contribution in [-0.2, 0) is 0 Å². The maximum atomic E-state index is 11.5. The zero-order valence-electron chi connectivity index (χ0n) is 6.02. The molecule has 0 fully saturated rings. The van der Waals surface area contributed by atoms with Crippen molar-refractivity contribution in [3.63, 3.8) is 0 Å². The zero-order valence-corrected chi connectivity index (χ0v) is 6.91. The Morgan fingerprint density at radius 2 is 2.00 bits per heavy atom. The molecule has 0 amide bonds. The first-order chi connectivity index (χ1) is 4.95. The third-order valence-electron chi connectivity index (χ3n) is 0.934. The van der Waals surface area contributed by atoms with Crippen molar-refractivity contribution < 1.29 is 13.2 Å². The highest BCUT2D eigenvalue weighted by molar-refractivity contribution is 7.84. The minimum atomic E-state index is -4.11. The van der Waals surface area contributed by atoms with E-state index < -0.39 is 12.6 Å². The molecule has 0 saturated carbocycles. The van der Waals surface area contributed by atoms with Crippen LogP contribution in [-0.4, -0.2) is 6.18 Å². The minimum Gasteiger partial charge on any atom is -0.171 e. The van der Waals surface area contributed by atoms with E-state index in [0.717, 1.165) is 6.08 Å². The largest absolute Gasteiger partial charge is 0.392 e. The highest BCUT2D eigenvalue weighted by Gasteiger charge is 2.24. The molecule has 0 aliphatic carbocycles. The summed E-state index contributed by atoms with van der Waals surface area (Å²) in [5.74, 6) is 0. The molecule has 0 aliphatic heterocycles. The van der Waals surface area contributed by atoms with Gasteiger partial charge in [0.05, 0.1) is 6.42 Å². The molecule has 0 aromatic heterocycles. The average molecular weight is 182 g/mol. The first-order valence-corrected chi connectivity index (χ1v) is 3.49. The lowest BCUT2D eigenvalue weighted by Gasteiger charge is -1.99. The van der Waals surface area contributed by atoms with Crippen LogP contribution in [0.1, 0.15) is 13.3 Å². The Labute approximate surface area is 69.2 Å². The highest BCUT2D eigenvalue weighted by atomic mass is 32.1. The molecular weight excluding hydrogens is 173 g/mol. The number of hydrogen-bond acceptors (Lipinski definition) is 1. The molecule has 11 heavy (non-hydrogen) atoms. The fourth-order valence-electron chi connectivity index (χ4n) is 0.410. The summed E-state index contributed by atoms with van der Waals surface area (Å²) in [4.78, 5) is 0.536. The van der Waals surface area contributed by atoms with Gasteiger partial charge in [-0.3, -0.25) is 0 Å². The lowest BCUT2D eigenvalue weighted by Crippen LogP contribution is -2.03. The van der Waals surface area contributed by atoms with Crippen LogP contribution >= 0.6 is 12.6 Å². The number of halogens is 3. The SMILES string of the molecule is C/C=C(S)\C=C/CC(F)(F)F. The van der Waals surface area contributed by atoms with Gasteiger partial charge in [-0.1, -0.05) is 18.2 Å². The fraction of sp³-hybridized carbons (Fsp3) is 0.429. The van der Waals surface area contributed by atoms with Crippen molar-refractivity contribution in [1.82, 2.24) is 0 Å². The van der Waals surface area contributed by atoms with Crippen LogP contribution in [0.3, 0.4) is 0 Å². The summed E-state index contributed by atoms with van der Waals surface area (Å²) >= 11 is 3.87. The fourth-order valence-corrected chi connectivity index (χ4v) is 0.515. The molecule has 0 unspecified atom stereocenters. The lowest BCUT2D eigenvalue weighted by molar-refractivity contribution is -0.125. The van der Waals surface area contributed by atoms with E-state index in [4.69, 9.17) is 0 Å². The minimum absolute atomic E-state index is 0.536. The van der Waals surface area contributed by atoms with Crippen molar-refractivity contribution in [3.05, 3.63) is 23.1 Å². The van der Waals surface area contributed by atoms with Gasteiger partial charge < -0.3 is 0 Å². The monoisotopic (exact) mass is 182 g/mol. The van der Waals surface area contributed by atoms with Crippen LogP contribution in [0, 0.1) is 0 Å². The van der Waals surface area contributed by atoms with Crippen LogP contribution in [0.4, 0.5) is 13.2 Å². The summed E-state index contributed by atoms with van der Waals surface area (Å²) < 4.78 is 34.5. The van der Waals surface area contributed by atoms with Crippen molar-refractivity contribution in [1.29, 1.82) is 0 Å². The van der Waals surface area contributed by atoms with Gasteiger partial charge in [-0.25, -0.2) is 0 Å². The molecule has 0 rings (SSSR count). The van der Waals surface area contributed by atoms with Crippen molar-refractivity contribution in [2.45, 2.75) is 19.5 Å². The molecular formula is C7H9F3S. The maximum Gasteiger partial charge on any atom is 0.392 e. The summed E-state index contributed by atoms with van der Waals surface area (Å²) in [6.07, 6.45) is -1.02. The normalized spacial score (nSPS) is 14.5. The van der Waals surface area contributed by atoms with E-state index in [0.29, 0.717) is 4.91 Å². The molecule has 64 valence electrons. The Hall–Kier alpha value is -0.380. The smallest absolute Gasteiger partial charge is 0.171 e. The summed E-state index contributed by atoms with van der Waals surface area (Å²) in [6.45, 7) is 1.71. The second-order valence-corrected chi connectivity index (χ2v) is 2.45. The maximum absolute atomic E-state index is 11.5. The topological polar surface area (TPSA) is 0 Å². The molecule has 0 radical (unpaired) electrons. The van der Waals surface area contributed by atoms with E-state index in [1.807, 2.05) is 0 Å². The molecule has 0 nitrogen and oxygen atoms in total. The molecule has 0 heterocycles. The van der Waals surface area contributed by atoms with Crippen LogP contribution in [0.5, 0.6) is 0 Å². The summed E-state index contributed by atoms with van der Waals surface area (Å²) in [5, 5.41) is 0. The van der Waals surface area contributed by atoms with Crippen molar-refractivity contribution in [3.8, 4) is 0 Å². The van der Waals surface area contributed by atoms with Gasteiger partial charge in [0, 0.05) is 0 Å². The lowest BCUT2D eigenvalue weighted by atomic mass is 10.3. The number of rotatable bonds is 2. The molecule has 0 aromatic rings. The second-order valence-electron chi connectivity index (χ2n) is 1.94. The third kappa shape index (κ3) is 7.52. The van der Waals surface area contributed by atoms with E-state index in [1.165, 1.54) is 6.08 Å².